The molecule has 0 aromatic carbocycles. The van der Waals surface area contributed by atoms with Gasteiger partial charge in [0.1, 0.15) is 6.61 Å². The number of ether oxygens (including phenoxy) is 2. The molecule has 0 aliphatic heterocycles. The molecule has 5 nitrogen and oxygen atoms in total. The number of hydrogen-bond donors (Lipinski definition) is 1. The molecule has 0 aromatic rings. The second-order valence-electron chi connectivity index (χ2n) is 11.6. The Morgan fingerprint density at radius 2 is 0.795 bits per heavy atom. The Labute approximate surface area is 242 Å². The third kappa shape index (κ3) is 29.7. The van der Waals surface area contributed by atoms with Crippen LogP contribution in [0.4, 0.5) is 0 Å². The second kappa shape index (κ2) is 31.4. The molecular weight excluding hydrogens is 488 g/mol. The van der Waals surface area contributed by atoms with Crippen molar-refractivity contribution in [3.05, 3.63) is 0 Å². The molecule has 0 radical (unpaired) electrons. The summed E-state index contributed by atoms with van der Waals surface area (Å²) in [6.45, 7) is 4.13. The lowest BCUT2D eigenvalue weighted by Gasteiger charge is -2.15. The summed E-state index contributed by atoms with van der Waals surface area (Å²) in [5.74, 6) is -0.581. The Kier molecular flexibility index (Phi) is 30.5. The molecule has 232 valence electrons. The van der Waals surface area contributed by atoms with E-state index in [4.69, 9.17) is 9.47 Å². The Morgan fingerprint density at radius 3 is 1.13 bits per heavy atom. The zero-order chi connectivity index (χ0) is 28.7. The maximum absolute atomic E-state index is 12.1. The van der Waals surface area contributed by atoms with Crippen molar-refractivity contribution in [2.75, 3.05) is 13.2 Å². The zero-order valence-electron chi connectivity index (χ0n) is 26.2. The fourth-order valence-corrected chi connectivity index (χ4v) is 5.02. The van der Waals surface area contributed by atoms with E-state index in [1.165, 1.54) is 128 Å². The van der Waals surface area contributed by atoms with Crippen LogP contribution in [0.2, 0.25) is 0 Å². The highest BCUT2D eigenvalue weighted by Gasteiger charge is 2.16. The summed E-state index contributed by atoms with van der Waals surface area (Å²) < 4.78 is 10.5. The number of hydrogen-bond acceptors (Lipinski definition) is 5. The van der Waals surface area contributed by atoms with Gasteiger partial charge in [0.25, 0.3) is 0 Å². The van der Waals surface area contributed by atoms with Crippen molar-refractivity contribution < 1.29 is 24.2 Å². The van der Waals surface area contributed by atoms with Gasteiger partial charge < -0.3 is 14.6 Å². The van der Waals surface area contributed by atoms with Crippen molar-refractivity contribution in [1.29, 1.82) is 0 Å². The Balaban J connectivity index is 3.53. The molecule has 0 heterocycles. The van der Waals surface area contributed by atoms with Crippen molar-refractivity contribution >= 4 is 11.9 Å². The van der Waals surface area contributed by atoms with Gasteiger partial charge in [-0.3, -0.25) is 9.59 Å². The van der Waals surface area contributed by atoms with Gasteiger partial charge in [-0.2, -0.15) is 0 Å². The highest BCUT2D eigenvalue weighted by atomic mass is 16.6. The highest BCUT2D eigenvalue weighted by Crippen LogP contribution is 2.14. The molecule has 1 N–H and O–H groups in total. The quantitative estimate of drug-likeness (QED) is 0.0681. The Hall–Kier alpha value is -1.10. The summed E-state index contributed by atoms with van der Waals surface area (Å²) in [7, 11) is 0. The van der Waals surface area contributed by atoms with Crippen LogP contribution >= 0.6 is 0 Å². The number of unbranched alkanes of at least 4 members (excludes halogenated alkanes) is 23. The summed E-state index contributed by atoms with van der Waals surface area (Å²) in [4.78, 5) is 24.1. The monoisotopic (exact) mass is 554 g/mol. The molecule has 1 atom stereocenters. The first kappa shape index (κ1) is 37.9. The van der Waals surface area contributed by atoms with Gasteiger partial charge in [-0.05, 0) is 12.8 Å². The lowest BCUT2D eigenvalue weighted by molar-refractivity contribution is -0.161. The summed E-state index contributed by atoms with van der Waals surface area (Å²) >= 11 is 0. The van der Waals surface area contributed by atoms with Gasteiger partial charge in [0.15, 0.2) is 6.10 Å². The fourth-order valence-electron chi connectivity index (χ4n) is 5.02. The summed E-state index contributed by atoms with van der Waals surface area (Å²) in [5.41, 5.74) is 0. The summed E-state index contributed by atoms with van der Waals surface area (Å²) in [6, 6.07) is 0. The van der Waals surface area contributed by atoms with Crippen molar-refractivity contribution in [2.45, 2.75) is 193 Å². The van der Waals surface area contributed by atoms with Gasteiger partial charge >= 0.3 is 11.9 Å². The molecule has 0 amide bonds. The number of rotatable bonds is 31. The number of esters is 2. The minimum absolute atomic E-state index is 0.0576. The van der Waals surface area contributed by atoms with Gasteiger partial charge in [-0.1, -0.05) is 162 Å². The first-order chi connectivity index (χ1) is 19.1. The minimum atomic E-state index is -0.759. The fraction of sp³-hybridized carbons (Fsp3) is 0.941. The zero-order valence-corrected chi connectivity index (χ0v) is 26.2. The smallest absolute Gasteiger partial charge is 0.306 e. The number of carbonyl (C=O) groups excluding carboxylic acids is 2. The lowest BCUT2D eigenvalue weighted by Crippen LogP contribution is -2.28. The largest absolute Gasteiger partial charge is 0.462 e. The van der Waals surface area contributed by atoms with E-state index in [0.29, 0.717) is 12.8 Å². The van der Waals surface area contributed by atoms with Crippen LogP contribution in [0.25, 0.3) is 0 Å². The Morgan fingerprint density at radius 1 is 0.487 bits per heavy atom. The molecule has 0 fully saturated rings. The van der Waals surface area contributed by atoms with Gasteiger partial charge in [0.05, 0.1) is 6.61 Å². The number of aliphatic hydroxyl groups excluding tert-OH is 1. The number of aliphatic hydroxyl groups is 1. The van der Waals surface area contributed by atoms with E-state index in [0.717, 1.165) is 32.1 Å². The van der Waals surface area contributed by atoms with Crippen LogP contribution in [-0.4, -0.2) is 36.4 Å². The topological polar surface area (TPSA) is 72.8 Å². The molecule has 0 bridgehead atoms. The van der Waals surface area contributed by atoms with E-state index in [1.54, 1.807) is 0 Å². The van der Waals surface area contributed by atoms with Crippen LogP contribution in [0, 0.1) is 0 Å². The van der Waals surface area contributed by atoms with Crippen LogP contribution in [0.15, 0.2) is 0 Å². The molecule has 0 aromatic heterocycles. The minimum Gasteiger partial charge on any atom is -0.462 e. The normalized spacial score (nSPS) is 12.0. The first-order valence-corrected chi connectivity index (χ1v) is 17.1. The van der Waals surface area contributed by atoms with E-state index >= 15 is 0 Å². The molecular formula is C34H66O5. The van der Waals surface area contributed by atoms with Crippen LogP contribution in [0.1, 0.15) is 187 Å². The van der Waals surface area contributed by atoms with Gasteiger partial charge in [-0.25, -0.2) is 0 Å². The van der Waals surface area contributed by atoms with Crippen molar-refractivity contribution in [2.24, 2.45) is 0 Å². The average Bonchev–Trinajstić information content (AvgIpc) is 2.94. The lowest BCUT2D eigenvalue weighted by atomic mass is 10.0. The molecule has 0 unspecified atom stereocenters. The summed E-state index contributed by atoms with van der Waals surface area (Å²) in [5, 5.41) is 9.49. The first-order valence-electron chi connectivity index (χ1n) is 17.1. The molecule has 39 heavy (non-hydrogen) atoms. The second-order valence-corrected chi connectivity index (χ2v) is 11.6. The van der Waals surface area contributed by atoms with E-state index in [-0.39, 0.29) is 25.2 Å². The average molecular weight is 555 g/mol. The summed E-state index contributed by atoms with van der Waals surface area (Å²) in [6.07, 6.45) is 31.5. The van der Waals surface area contributed by atoms with E-state index in [9.17, 15) is 14.7 Å². The van der Waals surface area contributed by atoms with Crippen molar-refractivity contribution in [3.8, 4) is 0 Å². The predicted octanol–water partition coefficient (Wildman–Crippen LogP) is 10.0. The molecule has 0 spiro atoms. The number of carbonyl (C=O) groups is 2. The third-order valence-electron chi connectivity index (χ3n) is 7.65. The van der Waals surface area contributed by atoms with Crippen LogP contribution < -0.4 is 0 Å². The van der Waals surface area contributed by atoms with Crippen molar-refractivity contribution in [3.63, 3.8) is 0 Å². The maximum Gasteiger partial charge on any atom is 0.306 e. The Bertz CT molecular complexity index is 522. The molecule has 0 aliphatic carbocycles. The van der Waals surface area contributed by atoms with Crippen molar-refractivity contribution in [1.82, 2.24) is 0 Å². The van der Waals surface area contributed by atoms with Crippen LogP contribution in [-0.2, 0) is 19.1 Å². The molecule has 5 heteroatoms. The third-order valence-corrected chi connectivity index (χ3v) is 7.65. The maximum atomic E-state index is 12.1. The highest BCUT2D eigenvalue weighted by molar-refractivity contribution is 5.70. The SMILES string of the molecule is CCCCCCCCCCCCCCCC(=O)OC[C@H](CO)OC(=O)CCCCCCCCCCCCCC. The van der Waals surface area contributed by atoms with E-state index < -0.39 is 6.10 Å². The van der Waals surface area contributed by atoms with Gasteiger partial charge in [0.2, 0.25) is 0 Å². The predicted molar refractivity (Wildman–Crippen MR) is 164 cm³/mol. The van der Waals surface area contributed by atoms with E-state index in [2.05, 4.69) is 13.8 Å². The molecule has 0 rings (SSSR count). The van der Waals surface area contributed by atoms with E-state index in [1.807, 2.05) is 0 Å². The molecule has 0 aliphatic rings. The molecule has 0 saturated carbocycles. The standard InChI is InChI=1S/C34H66O5/c1-3-5-7-9-11-13-15-17-19-20-22-24-26-28-33(36)38-31-32(30-35)39-34(37)29-27-25-23-21-18-16-14-12-10-8-6-4-2/h32,35H,3-31H2,1-2H3/t32-/m0/s1. The van der Waals surface area contributed by atoms with Gasteiger partial charge in [-0.15, -0.1) is 0 Å². The molecule has 0 saturated heterocycles. The van der Waals surface area contributed by atoms with Gasteiger partial charge in [0, 0.05) is 12.8 Å². The van der Waals surface area contributed by atoms with Crippen LogP contribution in [0.3, 0.4) is 0 Å². The van der Waals surface area contributed by atoms with Crippen LogP contribution in [0.5, 0.6) is 0 Å².